The van der Waals surface area contributed by atoms with Gasteiger partial charge in [0.25, 0.3) is 0 Å². The predicted molar refractivity (Wildman–Crippen MR) is 110 cm³/mol. The standard InChI is InChI=1S/C24H35N/c1-2-3-4-5-6-13-20-25(21-18-23-14-9-7-10-15-23)22-19-24-16-11-8-12-17-24/h7-12,14-17H,2-6,13,18-22H2,1H3. The molecule has 1 heteroatoms. The van der Waals surface area contributed by atoms with Gasteiger partial charge in [0.2, 0.25) is 0 Å². The molecule has 0 unspecified atom stereocenters. The van der Waals surface area contributed by atoms with Crippen LogP contribution in [0.15, 0.2) is 60.7 Å². The Labute approximate surface area is 155 Å². The molecule has 0 saturated heterocycles. The number of unbranched alkanes of at least 4 members (excludes halogenated alkanes) is 5. The molecular weight excluding hydrogens is 302 g/mol. The first kappa shape index (κ1) is 19.7. The molecule has 0 aliphatic rings. The van der Waals surface area contributed by atoms with Crippen molar-refractivity contribution in [3.63, 3.8) is 0 Å². The van der Waals surface area contributed by atoms with Gasteiger partial charge in [-0.25, -0.2) is 0 Å². The van der Waals surface area contributed by atoms with Gasteiger partial charge >= 0.3 is 0 Å². The molecule has 0 spiro atoms. The average molecular weight is 338 g/mol. The molecule has 2 aromatic rings. The van der Waals surface area contributed by atoms with E-state index in [0.717, 1.165) is 12.8 Å². The minimum Gasteiger partial charge on any atom is -0.303 e. The highest BCUT2D eigenvalue weighted by Crippen LogP contribution is 2.09. The zero-order valence-corrected chi connectivity index (χ0v) is 16.0. The first-order valence-electron chi connectivity index (χ1n) is 10.2. The van der Waals surface area contributed by atoms with Crippen molar-refractivity contribution < 1.29 is 0 Å². The summed E-state index contributed by atoms with van der Waals surface area (Å²) in [6, 6.07) is 21.8. The second-order valence-electron chi connectivity index (χ2n) is 7.08. The van der Waals surface area contributed by atoms with Crippen LogP contribution < -0.4 is 0 Å². The Morgan fingerprint density at radius 1 is 0.560 bits per heavy atom. The monoisotopic (exact) mass is 337 g/mol. The van der Waals surface area contributed by atoms with Crippen molar-refractivity contribution in [2.75, 3.05) is 19.6 Å². The zero-order valence-electron chi connectivity index (χ0n) is 16.0. The molecule has 136 valence electrons. The molecule has 0 saturated carbocycles. The van der Waals surface area contributed by atoms with Crippen molar-refractivity contribution in [2.45, 2.75) is 58.3 Å². The van der Waals surface area contributed by atoms with Crippen LogP contribution in [0.2, 0.25) is 0 Å². The maximum absolute atomic E-state index is 2.67. The fourth-order valence-electron chi connectivity index (χ4n) is 3.31. The van der Waals surface area contributed by atoms with E-state index in [2.05, 4.69) is 72.5 Å². The van der Waals surface area contributed by atoms with Crippen LogP contribution in [0.4, 0.5) is 0 Å². The van der Waals surface area contributed by atoms with Gasteiger partial charge in [0, 0.05) is 13.1 Å². The topological polar surface area (TPSA) is 3.24 Å². The lowest BCUT2D eigenvalue weighted by Crippen LogP contribution is -2.29. The third kappa shape index (κ3) is 8.88. The van der Waals surface area contributed by atoms with Crippen molar-refractivity contribution in [3.8, 4) is 0 Å². The first-order valence-corrected chi connectivity index (χ1v) is 10.2. The molecule has 0 radical (unpaired) electrons. The highest BCUT2D eigenvalue weighted by atomic mass is 15.1. The van der Waals surface area contributed by atoms with Crippen molar-refractivity contribution in [2.24, 2.45) is 0 Å². The Morgan fingerprint density at radius 3 is 1.56 bits per heavy atom. The summed E-state index contributed by atoms with van der Waals surface area (Å²) in [6.07, 6.45) is 10.6. The van der Waals surface area contributed by atoms with Gasteiger partial charge in [0.15, 0.2) is 0 Å². The first-order chi connectivity index (χ1) is 12.4. The molecule has 0 fully saturated rings. The molecule has 0 heterocycles. The summed E-state index contributed by atoms with van der Waals surface area (Å²) in [7, 11) is 0. The van der Waals surface area contributed by atoms with Crippen LogP contribution in [0, 0.1) is 0 Å². The van der Waals surface area contributed by atoms with Crippen LogP contribution in [-0.2, 0) is 12.8 Å². The van der Waals surface area contributed by atoms with Crippen molar-refractivity contribution in [1.29, 1.82) is 0 Å². The third-order valence-corrected chi connectivity index (χ3v) is 4.95. The van der Waals surface area contributed by atoms with Gasteiger partial charge in [-0.1, -0.05) is 99.7 Å². The minimum absolute atomic E-state index is 1.16. The molecule has 0 bridgehead atoms. The molecule has 25 heavy (non-hydrogen) atoms. The second-order valence-corrected chi connectivity index (χ2v) is 7.08. The molecule has 2 aromatic carbocycles. The smallest absolute Gasteiger partial charge is 0.00219 e. The lowest BCUT2D eigenvalue weighted by Gasteiger charge is -2.22. The van der Waals surface area contributed by atoms with Crippen LogP contribution >= 0.6 is 0 Å². The Hall–Kier alpha value is -1.60. The number of hydrogen-bond acceptors (Lipinski definition) is 1. The van der Waals surface area contributed by atoms with Crippen molar-refractivity contribution in [3.05, 3.63) is 71.8 Å². The van der Waals surface area contributed by atoms with E-state index in [0.29, 0.717) is 0 Å². The van der Waals surface area contributed by atoms with Crippen LogP contribution in [0.3, 0.4) is 0 Å². The van der Waals surface area contributed by atoms with Gasteiger partial charge in [0.1, 0.15) is 0 Å². The van der Waals surface area contributed by atoms with E-state index in [1.807, 2.05) is 0 Å². The van der Waals surface area contributed by atoms with Crippen LogP contribution in [0.25, 0.3) is 0 Å². The van der Waals surface area contributed by atoms with E-state index in [9.17, 15) is 0 Å². The van der Waals surface area contributed by atoms with Gasteiger partial charge in [0.05, 0.1) is 0 Å². The van der Waals surface area contributed by atoms with Gasteiger partial charge in [-0.3, -0.25) is 0 Å². The van der Waals surface area contributed by atoms with E-state index in [4.69, 9.17) is 0 Å². The van der Waals surface area contributed by atoms with Crippen LogP contribution in [-0.4, -0.2) is 24.5 Å². The van der Waals surface area contributed by atoms with E-state index < -0.39 is 0 Å². The molecule has 0 atom stereocenters. The van der Waals surface area contributed by atoms with Crippen molar-refractivity contribution in [1.82, 2.24) is 4.90 Å². The number of hydrogen-bond donors (Lipinski definition) is 0. The van der Waals surface area contributed by atoms with Crippen molar-refractivity contribution >= 4 is 0 Å². The fraction of sp³-hybridized carbons (Fsp3) is 0.500. The molecule has 0 aliphatic carbocycles. The van der Waals surface area contributed by atoms with Crippen LogP contribution in [0.5, 0.6) is 0 Å². The van der Waals surface area contributed by atoms with E-state index in [-0.39, 0.29) is 0 Å². The summed E-state index contributed by atoms with van der Waals surface area (Å²) in [6.45, 7) is 5.87. The maximum atomic E-state index is 2.67. The molecule has 0 N–H and O–H groups in total. The molecular formula is C24H35N. The Balaban J connectivity index is 1.75. The molecule has 2 rings (SSSR count). The zero-order chi connectivity index (χ0) is 17.6. The normalized spacial score (nSPS) is 11.1. The SMILES string of the molecule is CCCCCCCCN(CCc1ccccc1)CCc1ccccc1. The molecule has 0 aromatic heterocycles. The minimum atomic E-state index is 1.16. The molecule has 1 nitrogen and oxygen atoms in total. The van der Waals surface area contributed by atoms with Gasteiger partial charge in [-0.2, -0.15) is 0 Å². The largest absolute Gasteiger partial charge is 0.303 e. The molecule has 0 aliphatic heterocycles. The fourth-order valence-corrected chi connectivity index (χ4v) is 3.31. The quantitative estimate of drug-likeness (QED) is 0.397. The van der Waals surface area contributed by atoms with Gasteiger partial charge < -0.3 is 4.90 Å². The highest BCUT2D eigenvalue weighted by Gasteiger charge is 2.06. The Bertz CT molecular complexity index is 491. The lowest BCUT2D eigenvalue weighted by molar-refractivity contribution is 0.273. The maximum Gasteiger partial charge on any atom is 0.00219 e. The van der Waals surface area contributed by atoms with E-state index in [1.165, 1.54) is 69.3 Å². The summed E-state index contributed by atoms with van der Waals surface area (Å²) in [5.74, 6) is 0. The lowest BCUT2D eigenvalue weighted by atomic mass is 10.1. The number of nitrogens with zero attached hydrogens (tertiary/aromatic N) is 1. The number of benzene rings is 2. The second kappa shape index (κ2) is 12.7. The summed E-state index contributed by atoms with van der Waals surface area (Å²) < 4.78 is 0. The van der Waals surface area contributed by atoms with Gasteiger partial charge in [-0.15, -0.1) is 0 Å². The van der Waals surface area contributed by atoms with Crippen LogP contribution in [0.1, 0.15) is 56.6 Å². The summed E-state index contributed by atoms with van der Waals surface area (Å²) in [4.78, 5) is 2.67. The summed E-state index contributed by atoms with van der Waals surface area (Å²) in [5.41, 5.74) is 2.91. The van der Waals surface area contributed by atoms with Gasteiger partial charge in [-0.05, 0) is 36.9 Å². The van der Waals surface area contributed by atoms with E-state index >= 15 is 0 Å². The number of rotatable bonds is 13. The highest BCUT2D eigenvalue weighted by molar-refractivity contribution is 5.16. The average Bonchev–Trinajstić information content (AvgIpc) is 2.67. The Kier molecular flexibility index (Phi) is 10.0. The van der Waals surface area contributed by atoms with E-state index in [1.54, 1.807) is 0 Å². The summed E-state index contributed by atoms with van der Waals surface area (Å²) >= 11 is 0. The predicted octanol–water partition coefficient (Wildman–Crippen LogP) is 6.13. The Morgan fingerprint density at radius 2 is 1.04 bits per heavy atom. The molecule has 0 amide bonds. The third-order valence-electron chi connectivity index (χ3n) is 4.95. The summed E-state index contributed by atoms with van der Waals surface area (Å²) in [5, 5.41) is 0.